The fourth-order valence-corrected chi connectivity index (χ4v) is 3.25. The maximum Gasteiger partial charge on any atom is 0.0937 e. The summed E-state index contributed by atoms with van der Waals surface area (Å²) in [5.41, 5.74) is -0.265. The van der Waals surface area contributed by atoms with Gasteiger partial charge in [-0.05, 0) is 34.6 Å². The molecule has 0 radical (unpaired) electrons. The molecule has 3 heteroatoms. The Bertz CT molecular complexity index is 326. The quantitative estimate of drug-likeness (QED) is 0.579. The Hall–Kier alpha value is -0.0800. The van der Waals surface area contributed by atoms with Gasteiger partial charge in [-0.3, -0.25) is 0 Å². The maximum absolute atomic E-state index is 9.50. The van der Waals surface area contributed by atoms with Crippen LogP contribution in [0, 0.1) is 17.2 Å². The highest BCUT2D eigenvalue weighted by atomic mass is 127. The molecule has 1 heterocycles. The van der Waals surface area contributed by atoms with Crippen molar-refractivity contribution < 1.29 is 0 Å². The molecule has 0 aliphatic carbocycles. The molecule has 1 nitrogen and oxygen atoms in total. The van der Waals surface area contributed by atoms with Crippen molar-refractivity contribution in [1.82, 2.24) is 0 Å². The second-order valence-electron chi connectivity index (χ2n) is 4.01. The van der Waals surface area contributed by atoms with E-state index >= 15 is 0 Å². The van der Waals surface area contributed by atoms with E-state index in [9.17, 15) is 5.26 Å². The molecule has 1 atom stereocenters. The summed E-state index contributed by atoms with van der Waals surface area (Å²) in [6.45, 7) is 4.30. The van der Waals surface area contributed by atoms with E-state index in [1.807, 2.05) is 6.07 Å². The van der Waals surface area contributed by atoms with Crippen LogP contribution in [-0.4, -0.2) is 4.43 Å². The molecule has 0 spiro atoms. The highest BCUT2D eigenvalue weighted by Gasteiger charge is 2.36. The Morgan fingerprint density at radius 2 is 2.33 bits per heavy atom. The first-order chi connectivity index (χ1) is 7.17. The molecule has 0 amide bonds. The molecular formula is C12H16INS. The predicted molar refractivity (Wildman–Crippen MR) is 74.6 cm³/mol. The lowest BCUT2D eigenvalue weighted by molar-refractivity contribution is 0.373. The van der Waals surface area contributed by atoms with Crippen molar-refractivity contribution >= 4 is 33.9 Å². The molecule has 1 aromatic rings. The third kappa shape index (κ3) is 2.73. The SMILES string of the molecule is CC(C)C(C#N)(CCCI)c1cccs1. The van der Waals surface area contributed by atoms with Crippen molar-refractivity contribution in [2.75, 3.05) is 4.43 Å². The minimum atomic E-state index is -0.265. The van der Waals surface area contributed by atoms with Crippen LogP contribution in [0.4, 0.5) is 0 Å². The molecule has 1 aromatic heterocycles. The molecule has 1 unspecified atom stereocenters. The first kappa shape index (κ1) is 13.0. The van der Waals surface area contributed by atoms with Gasteiger partial charge in [-0.2, -0.15) is 5.26 Å². The van der Waals surface area contributed by atoms with Crippen molar-refractivity contribution in [3.63, 3.8) is 0 Å². The molecule has 0 bridgehead atoms. The Morgan fingerprint density at radius 3 is 2.73 bits per heavy atom. The Labute approximate surface area is 110 Å². The van der Waals surface area contributed by atoms with Gasteiger partial charge in [-0.15, -0.1) is 11.3 Å². The summed E-state index contributed by atoms with van der Waals surface area (Å²) in [7, 11) is 0. The molecule has 15 heavy (non-hydrogen) atoms. The number of hydrogen-bond acceptors (Lipinski definition) is 2. The van der Waals surface area contributed by atoms with Gasteiger partial charge >= 0.3 is 0 Å². The molecule has 0 saturated carbocycles. The van der Waals surface area contributed by atoms with E-state index in [-0.39, 0.29) is 5.41 Å². The van der Waals surface area contributed by atoms with Crippen LogP contribution < -0.4 is 0 Å². The smallest absolute Gasteiger partial charge is 0.0937 e. The minimum absolute atomic E-state index is 0.265. The fourth-order valence-electron chi connectivity index (χ4n) is 1.81. The maximum atomic E-state index is 9.50. The third-order valence-corrected chi connectivity index (χ3v) is 4.66. The van der Waals surface area contributed by atoms with E-state index in [1.165, 1.54) is 4.88 Å². The standard InChI is InChI=1S/C12H16INS/c1-10(2)12(9-14,6-4-7-13)11-5-3-8-15-11/h3,5,8,10H,4,6-7H2,1-2H3. The van der Waals surface area contributed by atoms with Crippen LogP contribution in [0.15, 0.2) is 17.5 Å². The second-order valence-corrected chi connectivity index (χ2v) is 6.03. The summed E-state index contributed by atoms with van der Waals surface area (Å²) in [5, 5.41) is 11.6. The van der Waals surface area contributed by atoms with Gasteiger partial charge in [-0.1, -0.05) is 42.5 Å². The van der Waals surface area contributed by atoms with Gasteiger partial charge in [0.1, 0.15) is 0 Å². The molecule has 82 valence electrons. The number of thiophene rings is 1. The summed E-state index contributed by atoms with van der Waals surface area (Å²) in [4.78, 5) is 1.23. The lowest BCUT2D eigenvalue weighted by atomic mass is 9.74. The van der Waals surface area contributed by atoms with Gasteiger partial charge < -0.3 is 0 Å². The molecule has 0 fully saturated rings. The number of halogens is 1. The third-order valence-electron chi connectivity index (χ3n) is 2.85. The largest absolute Gasteiger partial charge is 0.197 e. The van der Waals surface area contributed by atoms with E-state index < -0.39 is 0 Å². The molecule has 0 N–H and O–H groups in total. The summed E-state index contributed by atoms with van der Waals surface area (Å²) >= 11 is 4.09. The second kappa shape index (κ2) is 5.86. The minimum Gasteiger partial charge on any atom is -0.197 e. The number of hydrogen-bond donors (Lipinski definition) is 0. The summed E-state index contributed by atoms with van der Waals surface area (Å²) in [6, 6.07) is 6.70. The van der Waals surface area contributed by atoms with Gasteiger partial charge in [0.25, 0.3) is 0 Å². The van der Waals surface area contributed by atoms with Crippen LogP contribution in [0.3, 0.4) is 0 Å². The van der Waals surface area contributed by atoms with E-state index in [0.29, 0.717) is 5.92 Å². The van der Waals surface area contributed by atoms with Crippen molar-refractivity contribution in [3.05, 3.63) is 22.4 Å². The van der Waals surface area contributed by atoms with Crippen LogP contribution in [-0.2, 0) is 5.41 Å². The van der Waals surface area contributed by atoms with Crippen molar-refractivity contribution in [1.29, 1.82) is 5.26 Å². The molecule has 0 aromatic carbocycles. The van der Waals surface area contributed by atoms with Crippen molar-refractivity contribution in [3.8, 4) is 6.07 Å². The van der Waals surface area contributed by atoms with Crippen LogP contribution in [0.25, 0.3) is 0 Å². The zero-order chi connectivity index (χ0) is 11.3. The van der Waals surface area contributed by atoms with Crippen LogP contribution in [0.2, 0.25) is 0 Å². The van der Waals surface area contributed by atoms with E-state index in [1.54, 1.807) is 11.3 Å². The lowest BCUT2D eigenvalue weighted by Gasteiger charge is -2.29. The zero-order valence-electron chi connectivity index (χ0n) is 9.16. The average Bonchev–Trinajstić information content (AvgIpc) is 2.73. The Kier molecular flexibility index (Phi) is 5.07. The topological polar surface area (TPSA) is 23.8 Å². The zero-order valence-corrected chi connectivity index (χ0v) is 12.1. The van der Waals surface area contributed by atoms with Crippen LogP contribution in [0.1, 0.15) is 31.6 Å². The Morgan fingerprint density at radius 1 is 1.60 bits per heavy atom. The van der Waals surface area contributed by atoms with Crippen LogP contribution in [0.5, 0.6) is 0 Å². The molecule has 0 aliphatic rings. The highest BCUT2D eigenvalue weighted by Crippen LogP contribution is 2.39. The summed E-state index contributed by atoms with van der Waals surface area (Å²) in [6.07, 6.45) is 2.09. The summed E-state index contributed by atoms with van der Waals surface area (Å²) in [5.74, 6) is 0.379. The molecule has 0 saturated heterocycles. The van der Waals surface area contributed by atoms with Gasteiger partial charge in [0.15, 0.2) is 0 Å². The van der Waals surface area contributed by atoms with Gasteiger partial charge in [-0.25, -0.2) is 0 Å². The van der Waals surface area contributed by atoms with E-state index in [0.717, 1.165) is 17.3 Å². The van der Waals surface area contributed by atoms with Gasteiger partial charge in [0.05, 0.1) is 11.5 Å². The van der Waals surface area contributed by atoms with E-state index in [2.05, 4.69) is 54.0 Å². The van der Waals surface area contributed by atoms with E-state index in [4.69, 9.17) is 0 Å². The fraction of sp³-hybridized carbons (Fsp3) is 0.583. The van der Waals surface area contributed by atoms with Crippen molar-refractivity contribution in [2.24, 2.45) is 5.92 Å². The molecule has 0 aliphatic heterocycles. The first-order valence-corrected chi connectivity index (χ1v) is 7.59. The van der Waals surface area contributed by atoms with Crippen molar-refractivity contribution in [2.45, 2.75) is 32.1 Å². The number of alkyl halides is 1. The summed E-state index contributed by atoms with van der Waals surface area (Å²) < 4.78 is 1.12. The molecular weight excluding hydrogens is 317 g/mol. The lowest BCUT2D eigenvalue weighted by Crippen LogP contribution is -2.29. The van der Waals surface area contributed by atoms with Gasteiger partial charge in [0.2, 0.25) is 0 Å². The normalized spacial score (nSPS) is 14.9. The van der Waals surface area contributed by atoms with Crippen LogP contribution >= 0.6 is 33.9 Å². The number of rotatable bonds is 5. The van der Waals surface area contributed by atoms with Gasteiger partial charge in [0, 0.05) is 4.88 Å². The first-order valence-electron chi connectivity index (χ1n) is 5.18. The number of nitriles is 1. The number of nitrogens with zero attached hydrogens (tertiary/aromatic N) is 1. The predicted octanol–water partition coefficient (Wildman–Crippen LogP) is 4.38. The monoisotopic (exact) mass is 333 g/mol. The highest BCUT2D eigenvalue weighted by molar-refractivity contribution is 14.1. The average molecular weight is 333 g/mol. The Balaban J connectivity index is 3.00. The molecule has 1 rings (SSSR count).